The molecule has 0 spiro atoms. The van der Waals surface area contributed by atoms with Gasteiger partial charge in [0.25, 0.3) is 0 Å². The summed E-state index contributed by atoms with van der Waals surface area (Å²) >= 11 is 9.13. The molecule has 106 valence electrons. The quantitative estimate of drug-likeness (QED) is 0.751. The molecule has 0 amide bonds. The average Bonchev–Trinajstić information content (AvgIpc) is 2.33. The number of hydrogen-bond acceptors (Lipinski definition) is 2. The molecule has 1 aliphatic rings. The molecule has 0 saturated heterocycles. The number of hydrogen-bond donors (Lipinski definition) is 1. The molecular formula is C12H13BrClF3N2. The second-order valence-corrected chi connectivity index (χ2v) is 5.95. The molecule has 2 nitrogen and oxygen atoms in total. The van der Waals surface area contributed by atoms with E-state index in [0.717, 1.165) is 6.42 Å². The molecule has 1 aromatic rings. The molecule has 0 aliphatic heterocycles. The van der Waals surface area contributed by atoms with Crippen molar-refractivity contribution in [3.63, 3.8) is 0 Å². The standard InChI is InChI=1S/C12H13BrClF3N2/c13-7-5-10(11(14)18-6-7)19-9-4-2-1-3-8(9)12(15,16)17/h5-6,8-9,19H,1-4H2. The van der Waals surface area contributed by atoms with Gasteiger partial charge in [-0.2, -0.15) is 13.2 Å². The van der Waals surface area contributed by atoms with Gasteiger partial charge in [0, 0.05) is 16.7 Å². The summed E-state index contributed by atoms with van der Waals surface area (Å²) in [6.07, 6.45) is -0.594. The number of aromatic nitrogens is 1. The molecule has 19 heavy (non-hydrogen) atoms. The van der Waals surface area contributed by atoms with Gasteiger partial charge < -0.3 is 5.32 Å². The minimum Gasteiger partial charge on any atom is -0.379 e. The molecule has 1 fully saturated rings. The number of pyridine rings is 1. The van der Waals surface area contributed by atoms with Crippen LogP contribution in [0.4, 0.5) is 18.9 Å². The van der Waals surface area contributed by atoms with Gasteiger partial charge in [0.05, 0.1) is 11.6 Å². The summed E-state index contributed by atoms with van der Waals surface area (Å²) in [7, 11) is 0. The van der Waals surface area contributed by atoms with E-state index in [-0.39, 0.29) is 11.6 Å². The smallest absolute Gasteiger partial charge is 0.379 e. The largest absolute Gasteiger partial charge is 0.393 e. The lowest BCUT2D eigenvalue weighted by Crippen LogP contribution is -2.41. The molecule has 0 bridgehead atoms. The van der Waals surface area contributed by atoms with Crippen LogP contribution >= 0.6 is 27.5 Å². The number of anilines is 1. The summed E-state index contributed by atoms with van der Waals surface area (Å²) in [5, 5.41) is 3.09. The van der Waals surface area contributed by atoms with Gasteiger partial charge in [-0.3, -0.25) is 0 Å². The summed E-state index contributed by atoms with van der Waals surface area (Å²) in [4.78, 5) is 3.91. The Hall–Kier alpha value is -0.490. The summed E-state index contributed by atoms with van der Waals surface area (Å²) in [5.41, 5.74) is 0.442. The van der Waals surface area contributed by atoms with E-state index in [9.17, 15) is 13.2 Å². The summed E-state index contributed by atoms with van der Waals surface area (Å²) in [6, 6.07) is 1.01. The van der Waals surface area contributed by atoms with Crippen molar-refractivity contribution in [2.45, 2.75) is 37.9 Å². The van der Waals surface area contributed by atoms with E-state index in [1.54, 1.807) is 6.07 Å². The molecular weight excluding hydrogens is 344 g/mol. The molecule has 0 aromatic carbocycles. The first-order valence-corrected chi connectivity index (χ1v) is 7.19. The maximum absolute atomic E-state index is 13.0. The fourth-order valence-electron chi connectivity index (χ4n) is 2.42. The lowest BCUT2D eigenvalue weighted by Gasteiger charge is -2.34. The van der Waals surface area contributed by atoms with Gasteiger partial charge in [-0.25, -0.2) is 4.98 Å². The van der Waals surface area contributed by atoms with Crippen LogP contribution in [0, 0.1) is 5.92 Å². The normalized spacial score (nSPS) is 24.3. The van der Waals surface area contributed by atoms with Gasteiger partial charge in [0.15, 0.2) is 5.15 Å². The Morgan fingerprint density at radius 1 is 1.32 bits per heavy atom. The highest BCUT2D eigenvalue weighted by Gasteiger charge is 2.45. The average molecular weight is 358 g/mol. The first-order valence-electron chi connectivity index (χ1n) is 6.02. The van der Waals surface area contributed by atoms with Crippen LogP contribution in [0.1, 0.15) is 25.7 Å². The van der Waals surface area contributed by atoms with Gasteiger partial charge in [0.2, 0.25) is 0 Å². The third-order valence-electron chi connectivity index (χ3n) is 3.33. The third kappa shape index (κ3) is 3.75. The van der Waals surface area contributed by atoms with Crippen LogP contribution in [-0.2, 0) is 0 Å². The van der Waals surface area contributed by atoms with Crippen LogP contribution in [0.15, 0.2) is 16.7 Å². The van der Waals surface area contributed by atoms with Crippen LogP contribution in [0.3, 0.4) is 0 Å². The van der Waals surface area contributed by atoms with Crippen LogP contribution in [-0.4, -0.2) is 17.2 Å². The first-order chi connectivity index (χ1) is 8.88. The van der Waals surface area contributed by atoms with Gasteiger partial charge >= 0.3 is 6.18 Å². The van der Waals surface area contributed by atoms with Crippen LogP contribution in [0.25, 0.3) is 0 Å². The summed E-state index contributed by atoms with van der Waals surface area (Å²) in [5.74, 6) is -1.32. The Balaban J connectivity index is 2.17. The zero-order valence-electron chi connectivity index (χ0n) is 9.97. The van der Waals surface area contributed by atoms with Crippen molar-refractivity contribution in [1.29, 1.82) is 0 Å². The molecule has 1 saturated carbocycles. The van der Waals surface area contributed by atoms with Crippen molar-refractivity contribution in [3.05, 3.63) is 21.9 Å². The fourth-order valence-corrected chi connectivity index (χ4v) is 2.91. The van der Waals surface area contributed by atoms with E-state index in [1.165, 1.54) is 6.20 Å². The maximum atomic E-state index is 13.0. The number of halogens is 5. The third-order valence-corrected chi connectivity index (χ3v) is 4.07. The summed E-state index contributed by atoms with van der Waals surface area (Å²) in [6.45, 7) is 0. The van der Waals surface area contributed by atoms with Crippen molar-refractivity contribution < 1.29 is 13.2 Å². The van der Waals surface area contributed by atoms with E-state index >= 15 is 0 Å². The molecule has 1 heterocycles. The molecule has 1 N–H and O–H groups in total. The molecule has 7 heteroatoms. The monoisotopic (exact) mass is 356 g/mol. The number of rotatable bonds is 2. The van der Waals surface area contributed by atoms with Crippen LogP contribution < -0.4 is 5.32 Å². The highest BCUT2D eigenvalue weighted by molar-refractivity contribution is 9.10. The molecule has 2 atom stereocenters. The van der Waals surface area contributed by atoms with Gasteiger partial charge in [-0.15, -0.1) is 0 Å². The molecule has 2 rings (SSSR count). The fraction of sp³-hybridized carbons (Fsp3) is 0.583. The van der Waals surface area contributed by atoms with Gasteiger partial charge in [-0.05, 0) is 34.8 Å². The predicted octanol–water partition coefficient (Wildman–Crippen LogP) is 5.03. The van der Waals surface area contributed by atoms with E-state index in [2.05, 4.69) is 26.2 Å². The van der Waals surface area contributed by atoms with Gasteiger partial charge in [-0.1, -0.05) is 24.4 Å². The van der Waals surface area contributed by atoms with E-state index in [0.29, 0.717) is 23.0 Å². The molecule has 0 radical (unpaired) electrons. The number of nitrogens with zero attached hydrogens (tertiary/aromatic N) is 1. The second-order valence-electron chi connectivity index (χ2n) is 4.68. The number of nitrogens with one attached hydrogen (secondary N) is 1. The van der Waals surface area contributed by atoms with Gasteiger partial charge in [0.1, 0.15) is 0 Å². The molecule has 1 aromatic heterocycles. The molecule has 2 unspecified atom stereocenters. The number of alkyl halides is 3. The van der Waals surface area contributed by atoms with E-state index < -0.39 is 18.1 Å². The lowest BCUT2D eigenvalue weighted by molar-refractivity contribution is -0.184. The highest BCUT2D eigenvalue weighted by atomic mass is 79.9. The maximum Gasteiger partial charge on any atom is 0.393 e. The zero-order valence-corrected chi connectivity index (χ0v) is 12.3. The van der Waals surface area contributed by atoms with E-state index in [1.807, 2.05) is 0 Å². The second kappa shape index (κ2) is 5.87. The summed E-state index contributed by atoms with van der Waals surface area (Å²) < 4.78 is 39.6. The van der Waals surface area contributed by atoms with Crippen molar-refractivity contribution in [2.75, 3.05) is 5.32 Å². The zero-order chi connectivity index (χ0) is 14.0. The highest BCUT2D eigenvalue weighted by Crippen LogP contribution is 2.39. The minimum atomic E-state index is -4.18. The van der Waals surface area contributed by atoms with Crippen molar-refractivity contribution >= 4 is 33.2 Å². The Bertz CT molecular complexity index is 453. The van der Waals surface area contributed by atoms with Crippen molar-refractivity contribution in [3.8, 4) is 0 Å². The molecule has 1 aliphatic carbocycles. The Morgan fingerprint density at radius 3 is 2.68 bits per heavy atom. The van der Waals surface area contributed by atoms with Crippen molar-refractivity contribution in [1.82, 2.24) is 4.98 Å². The van der Waals surface area contributed by atoms with E-state index in [4.69, 9.17) is 11.6 Å². The SMILES string of the molecule is FC(F)(F)C1CCCCC1Nc1cc(Br)cnc1Cl. The Kier molecular flexibility index (Phi) is 4.61. The first kappa shape index (κ1) is 14.9. The van der Waals surface area contributed by atoms with Crippen molar-refractivity contribution in [2.24, 2.45) is 5.92 Å². The Morgan fingerprint density at radius 2 is 2.00 bits per heavy atom. The minimum absolute atomic E-state index is 0.167. The van der Waals surface area contributed by atoms with Crippen LogP contribution in [0.5, 0.6) is 0 Å². The topological polar surface area (TPSA) is 24.9 Å². The predicted molar refractivity (Wildman–Crippen MR) is 72.4 cm³/mol. The Labute approximate surface area is 122 Å². The van der Waals surface area contributed by atoms with Crippen LogP contribution in [0.2, 0.25) is 5.15 Å². The lowest BCUT2D eigenvalue weighted by atomic mass is 9.84.